The van der Waals surface area contributed by atoms with E-state index >= 15 is 0 Å². The van der Waals surface area contributed by atoms with E-state index in [1.807, 2.05) is 80.1 Å². The Morgan fingerprint density at radius 2 is 1.85 bits per heavy atom. The van der Waals surface area contributed by atoms with Crippen molar-refractivity contribution in [3.05, 3.63) is 66.0 Å². The molecule has 140 valence electrons. The molecule has 3 aromatic rings. The van der Waals surface area contributed by atoms with E-state index in [1.54, 1.807) is 0 Å². The highest BCUT2D eigenvalue weighted by Gasteiger charge is 2.25. The normalized spacial score (nSPS) is 11.8. The molecular formula is C20H22N4O2S. The van der Waals surface area contributed by atoms with Crippen molar-refractivity contribution in [2.75, 3.05) is 11.9 Å². The van der Waals surface area contributed by atoms with Crippen molar-refractivity contribution >= 4 is 23.4 Å². The Kier molecular flexibility index (Phi) is 6.13. The zero-order valence-electron chi connectivity index (χ0n) is 15.5. The number of aromatic nitrogens is 3. The second-order valence-corrected chi connectivity index (χ2v) is 6.99. The Balaban J connectivity index is 1.89. The van der Waals surface area contributed by atoms with Crippen molar-refractivity contribution < 1.29 is 9.53 Å². The highest BCUT2D eigenvalue weighted by atomic mass is 32.2. The molecule has 1 heterocycles. The van der Waals surface area contributed by atoms with Gasteiger partial charge in [0.15, 0.2) is 5.16 Å². The molecule has 0 fully saturated rings. The molecule has 1 amide bonds. The molecule has 0 spiro atoms. The van der Waals surface area contributed by atoms with Crippen LogP contribution in [0.3, 0.4) is 0 Å². The van der Waals surface area contributed by atoms with Crippen molar-refractivity contribution in [3.63, 3.8) is 0 Å². The Labute approximate surface area is 163 Å². The van der Waals surface area contributed by atoms with E-state index in [0.717, 1.165) is 11.4 Å². The SMILES string of the molecule is CCOc1ccccc1NC(=O)[C@@H](Sc1nnc(C)n1C)c1ccccc1. The number of carbonyl (C=O) groups is 1. The lowest BCUT2D eigenvalue weighted by Crippen LogP contribution is -2.20. The number of hydrogen-bond acceptors (Lipinski definition) is 5. The summed E-state index contributed by atoms with van der Waals surface area (Å²) in [6.07, 6.45) is 0. The van der Waals surface area contributed by atoms with Gasteiger partial charge in [-0.3, -0.25) is 4.79 Å². The molecule has 1 aromatic heterocycles. The predicted molar refractivity (Wildman–Crippen MR) is 107 cm³/mol. The maximum absolute atomic E-state index is 13.1. The highest BCUT2D eigenvalue weighted by Crippen LogP contribution is 2.36. The van der Waals surface area contributed by atoms with Crippen LogP contribution >= 0.6 is 11.8 Å². The van der Waals surface area contributed by atoms with Crippen molar-refractivity contribution in [1.82, 2.24) is 14.8 Å². The number of amides is 1. The fourth-order valence-electron chi connectivity index (χ4n) is 2.55. The third-order valence-corrected chi connectivity index (χ3v) is 5.35. The van der Waals surface area contributed by atoms with Gasteiger partial charge in [-0.25, -0.2) is 0 Å². The Morgan fingerprint density at radius 3 is 2.52 bits per heavy atom. The van der Waals surface area contributed by atoms with E-state index in [4.69, 9.17) is 4.74 Å². The largest absolute Gasteiger partial charge is 0.492 e. The first kappa shape index (κ1) is 19.0. The zero-order valence-corrected chi connectivity index (χ0v) is 16.4. The third kappa shape index (κ3) is 4.49. The number of anilines is 1. The molecule has 0 aliphatic heterocycles. The smallest absolute Gasteiger partial charge is 0.242 e. The van der Waals surface area contributed by atoms with E-state index in [9.17, 15) is 4.79 Å². The number of nitrogens with one attached hydrogen (secondary N) is 1. The van der Waals surface area contributed by atoms with Gasteiger partial charge in [-0.05, 0) is 31.5 Å². The molecule has 6 nitrogen and oxygen atoms in total. The van der Waals surface area contributed by atoms with Gasteiger partial charge in [0.25, 0.3) is 0 Å². The molecule has 3 rings (SSSR count). The van der Waals surface area contributed by atoms with E-state index in [2.05, 4.69) is 15.5 Å². The van der Waals surface area contributed by atoms with E-state index in [-0.39, 0.29) is 5.91 Å². The minimum atomic E-state index is -0.469. The summed E-state index contributed by atoms with van der Waals surface area (Å²) in [4.78, 5) is 13.1. The monoisotopic (exact) mass is 382 g/mol. The Hall–Kier alpha value is -2.80. The number of thioether (sulfide) groups is 1. The molecule has 0 saturated heterocycles. The fraction of sp³-hybridized carbons (Fsp3) is 0.250. The topological polar surface area (TPSA) is 69.0 Å². The molecule has 0 radical (unpaired) electrons. The minimum Gasteiger partial charge on any atom is -0.492 e. The van der Waals surface area contributed by atoms with Gasteiger partial charge in [-0.1, -0.05) is 54.2 Å². The number of benzene rings is 2. The lowest BCUT2D eigenvalue weighted by molar-refractivity contribution is -0.115. The molecule has 7 heteroatoms. The van der Waals surface area contributed by atoms with Gasteiger partial charge in [0.1, 0.15) is 16.8 Å². The number of carbonyl (C=O) groups excluding carboxylic acids is 1. The minimum absolute atomic E-state index is 0.140. The summed E-state index contributed by atoms with van der Waals surface area (Å²) in [5.74, 6) is 1.31. The summed E-state index contributed by atoms with van der Waals surface area (Å²) in [6, 6.07) is 17.1. The van der Waals surface area contributed by atoms with Crippen LogP contribution < -0.4 is 10.1 Å². The van der Waals surface area contributed by atoms with Crippen molar-refractivity contribution in [3.8, 4) is 5.75 Å². The maximum atomic E-state index is 13.1. The standard InChI is InChI=1S/C20H22N4O2S/c1-4-26-17-13-9-8-12-16(17)21-19(25)18(15-10-6-5-7-11-15)27-20-23-22-14(2)24(20)3/h5-13,18H,4H2,1-3H3,(H,21,25)/t18-/m0/s1. The molecule has 0 saturated carbocycles. The Bertz CT molecular complexity index is 911. The van der Waals surface area contributed by atoms with Crippen molar-refractivity contribution in [1.29, 1.82) is 0 Å². The summed E-state index contributed by atoms with van der Waals surface area (Å²) in [5.41, 5.74) is 1.55. The average molecular weight is 382 g/mol. The van der Waals surface area contributed by atoms with Gasteiger partial charge in [-0.15, -0.1) is 10.2 Å². The summed E-state index contributed by atoms with van der Waals surface area (Å²) in [5, 5.41) is 11.5. The summed E-state index contributed by atoms with van der Waals surface area (Å²) >= 11 is 1.37. The first-order valence-electron chi connectivity index (χ1n) is 8.70. The molecule has 0 aliphatic carbocycles. The third-order valence-electron chi connectivity index (χ3n) is 4.06. The molecule has 0 aliphatic rings. The second-order valence-electron chi connectivity index (χ2n) is 5.92. The van der Waals surface area contributed by atoms with Crippen LogP contribution in [-0.2, 0) is 11.8 Å². The number of para-hydroxylation sites is 2. The quantitative estimate of drug-likeness (QED) is 0.626. The first-order valence-corrected chi connectivity index (χ1v) is 9.58. The summed E-state index contributed by atoms with van der Waals surface area (Å²) in [7, 11) is 1.89. The fourth-order valence-corrected chi connectivity index (χ4v) is 3.59. The lowest BCUT2D eigenvalue weighted by atomic mass is 10.1. The van der Waals surface area contributed by atoms with Gasteiger partial charge in [0.2, 0.25) is 5.91 Å². The summed E-state index contributed by atoms with van der Waals surface area (Å²) < 4.78 is 7.49. The number of aryl methyl sites for hydroxylation is 1. The highest BCUT2D eigenvalue weighted by molar-refractivity contribution is 8.00. The van der Waals surface area contributed by atoms with Gasteiger partial charge in [-0.2, -0.15) is 0 Å². The number of hydrogen-bond donors (Lipinski definition) is 1. The van der Waals surface area contributed by atoms with Crippen LogP contribution in [0.5, 0.6) is 5.75 Å². The van der Waals surface area contributed by atoms with E-state index in [0.29, 0.717) is 23.2 Å². The number of rotatable bonds is 7. The van der Waals surface area contributed by atoms with Gasteiger partial charge in [0, 0.05) is 7.05 Å². The number of ether oxygens (including phenoxy) is 1. The van der Waals surface area contributed by atoms with Crippen LogP contribution in [0.4, 0.5) is 5.69 Å². The Morgan fingerprint density at radius 1 is 1.15 bits per heavy atom. The molecule has 27 heavy (non-hydrogen) atoms. The molecule has 1 N–H and O–H groups in total. The molecule has 0 bridgehead atoms. The van der Waals surface area contributed by atoms with Crippen molar-refractivity contribution in [2.45, 2.75) is 24.3 Å². The van der Waals surface area contributed by atoms with Crippen LogP contribution in [0, 0.1) is 6.92 Å². The average Bonchev–Trinajstić information content (AvgIpc) is 3.00. The van der Waals surface area contributed by atoms with E-state index in [1.165, 1.54) is 11.8 Å². The molecular weight excluding hydrogens is 360 g/mol. The van der Waals surface area contributed by atoms with Crippen LogP contribution in [0.15, 0.2) is 59.8 Å². The zero-order chi connectivity index (χ0) is 19.2. The van der Waals surface area contributed by atoms with Gasteiger partial charge < -0.3 is 14.6 Å². The van der Waals surface area contributed by atoms with Crippen LogP contribution in [-0.4, -0.2) is 27.3 Å². The molecule has 0 unspecified atom stereocenters. The second kappa shape index (κ2) is 8.73. The summed E-state index contributed by atoms with van der Waals surface area (Å²) in [6.45, 7) is 4.33. The molecule has 2 aromatic carbocycles. The van der Waals surface area contributed by atoms with Gasteiger partial charge >= 0.3 is 0 Å². The first-order chi connectivity index (χ1) is 13.1. The van der Waals surface area contributed by atoms with Crippen LogP contribution in [0.1, 0.15) is 23.6 Å². The molecule has 1 atom stereocenters. The van der Waals surface area contributed by atoms with Crippen LogP contribution in [0.25, 0.3) is 0 Å². The van der Waals surface area contributed by atoms with E-state index < -0.39 is 5.25 Å². The van der Waals surface area contributed by atoms with Crippen LogP contribution in [0.2, 0.25) is 0 Å². The maximum Gasteiger partial charge on any atom is 0.242 e. The predicted octanol–water partition coefficient (Wildman–Crippen LogP) is 3.99. The van der Waals surface area contributed by atoms with Crippen molar-refractivity contribution in [2.24, 2.45) is 7.05 Å². The van der Waals surface area contributed by atoms with Gasteiger partial charge in [0.05, 0.1) is 12.3 Å². The number of nitrogens with zero attached hydrogens (tertiary/aromatic N) is 3. The lowest BCUT2D eigenvalue weighted by Gasteiger charge is -2.18.